The van der Waals surface area contributed by atoms with Gasteiger partial charge in [0.1, 0.15) is 4.88 Å². The molecule has 0 aliphatic heterocycles. The van der Waals surface area contributed by atoms with Crippen molar-refractivity contribution in [3.63, 3.8) is 0 Å². The molecule has 0 saturated carbocycles. The summed E-state index contributed by atoms with van der Waals surface area (Å²) >= 11 is 7.10. The van der Waals surface area contributed by atoms with Crippen molar-refractivity contribution in [2.24, 2.45) is 0 Å². The van der Waals surface area contributed by atoms with Crippen molar-refractivity contribution in [2.75, 3.05) is 7.11 Å². The molecule has 0 aromatic carbocycles. The lowest BCUT2D eigenvalue weighted by atomic mass is 9.99. The summed E-state index contributed by atoms with van der Waals surface area (Å²) < 4.78 is 6.21. The van der Waals surface area contributed by atoms with Crippen LogP contribution in [0, 0.1) is 0 Å². The second kappa shape index (κ2) is 6.30. The molecule has 0 saturated heterocycles. The fraction of sp³-hybridized carbons (Fsp3) is 0.176. The van der Waals surface area contributed by atoms with Crippen molar-refractivity contribution < 1.29 is 23.7 Å². The number of thiophene rings is 1. The van der Waals surface area contributed by atoms with E-state index in [9.17, 15) is 14.4 Å². The van der Waals surface area contributed by atoms with E-state index in [1.54, 1.807) is 23.0 Å². The lowest BCUT2D eigenvalue weighted by molar-refractivity contribution is -0.577. The van der Waals surface area contributed by atoms with Crippen LogP contribution in [0.2, 0.25) is 0 Å². The van der Waals surface area contributed by atoms with Crippen molar-refractivity contribution in [1.82, 2.24) is 0 Å². The van der Waals surface area contributed by atoms with E-state index in [4.69, 9.17) is 11.6 Å². The van der Waals surface area contributed by atoms with Crippen LogP contribution in [0.4, 0.5) is 0 Å². The minimum Gasteiger partial charge on any atom is -0.465 e. The number of carbonyl (C=O) groups is 3. The van der Waals surface area contributed by atoms with Crippen molar-refractivity contribution >= 4 is 46.2 Å². The van der Waals surface area contributed by atoms with Crippen LogP contribution < -0.4 is 4.57 Å². The maximum atomic E-state index is 12.8. The summed E-state index contributed by atoms with van der Waals surface area (Å²) in [7, 11) is 1.24. The summed E-state index contributed by atoms with van der Waals surface area (Å²) in [6, 6.07) is 5.10. The topological polar surface area (TPSA) is 64.3 Å². The van der Waals surface area contributed by atoms with Crippen molar-refractivity contribution in [3.8, 4) is 0 Å². The highest BCUT2D eigenvalue weighted by atomic mass is 35.5. The molecule has 2 aromatic rings. The Balaban J connectivity index is 2.14. The largest absolute Gasteiger partial charge is 0.465 e. The average Bonchev–Trinajstić information content (AvgIpc) is 3.05. The Morgan fingerprint density at radius 2 is 2.08 bits per heavy atom. The van der Waals surface area contributed by atoms with Gasteiger partial charge >= 0.3 is 5.97 Å². The number of Topliss-reactive ketones (excluding diaryl/α,β-unsaturated/α-hetero) is 2. The van der Waals surface area contributed by atoms with Crippen LogP contribution in [0.1, 0.15) is 42.2 Å². The van der Waals surface area contributed by atoms with E-state index < -0.39 is 11.8 Å². The van der Waals surface area contributed by atoms with Gasteiger partial charge in [0.2, 0.25) is 5.78 Å². The first kappa shape index (κ1) is 16.5. The lowest BCUT2D eigenvalue weighted by Crippen LogP contribution is -2.39. The molecule has 0 fully saturated rings. The van der Waals surface area contributed by atoms with E-state index in [0.29, 0.717) is 0 Å². The molecular formula is C17H13ClNO4S+. The highest BCUT2D eigenvalue weighted by molar-refractivity contribution is 7.16. The van der Waals surface area contributed by atoms with E-state index in [0.717, 1.165) is 23.3 Å². The Morgan fingerprint density at radius 1 is 1.33 bits per heavy atom. The summed E-state index contributed by atoms with van der Waals surface area (Å²) in [6.45, 7) is 1.99. The number of nitrogens with zero attached hydrogens (tertiary/aromatic N) is 1. The van der Waals surface area contributed by atoms with Crippen LogP contribution in [-0.2, 0) is 11.2 Å². The number of hydrogen-bond acceptors (Lipinski definition) is 5. The monoisotopic (exact) mass is 362 g/mol. The predicted octanol–water partition coefficient (Wildman–Crippen LogP) is 2.87. The van der Waals surface area contributed by atoms with Crippen LogP contribution in [-0.4, -0.2) is 24.6 Å². The van der Waals surface area contributed by atoms with Gasteiger partial charge in [0, 0.05) is 11.6 Å². The summed E-state index contributed by atoms with van der Waals surface area (Å²) in [6.07, 6.45) is 4.21. The quantitative estimate of drug-likeness (QED) is 0.622. The fourth-order valence-corrected chi connectivity index (χ4v) is 3.82. The number of allylic oxidation sites excluding steroid dienone is 2. The molecule has 122 valence electrons. The number of ketones is 2. The van der Waals surface area contributed by atoms with Gasteiger partial charge in [-0.25, -0.2) is 4.79 Å². The van der Waals surface area contributed by atoms with Crippen LogP contribution in [0.5, 0.6) is 0 Å². The van der Waals surface area contributed by atoms with Gasteiger partial charge in [-0.2, -0.15) is 4.57 Å². The number of ether oxygens (including phenoxy) is 1. The summed E-state index contributed by atoms with van der Waals surface area (Å²) in [4.78, 5) is 37.4. The zero-order valence-corrected chi connectivity index (χ0v) is 14.5. The third-order valence-electron chi connectivity index (χ3n) is 3.72. The molecule has 1 aliphatic rings. The van der Waals surface area contributed by atoms with Gasteiger partial charge < -0.3 is 4.74 Å². The number of aromatic nitrogens is 1. The van der Waals surface area contributed by atoms with Crippen LogP contribution in [0.3, 0.4) is 0 Å². The Labute approximate surface area is 147 Å². The van der Waals surface area contributed by atoms with Crippen molar-refractivity contribution in [2.45, 2.75) is 13.3 Å². The number of methoxy groups -OCH3 is 1. The molecule has 0 radical (unpaired) electrons. The summed E-state index contributed by atoms with van der Waals surface area (Å²) in [5.74, 6) is -1.44. The van der Waals surface area contributed by atoms with E-state index in [-0.39, 0.29) is 31.8 Å². The first-order valence-electron chi connectivity index (χ1n) is 7.19. The Bertz CT molecular complexity index is 913. The average molecular weight is 363 g/mol. The number of aryl methyl sites for hydroxylation is 1. The Hall–Kier alpha value is -2.31. The number of rotatable bonds is 3. The Kier molecular flexibility index (Phi) is 4.34. The van der Waals surface area contributed by atoms with Gasteiger partial charge in [0.05, 0.1) is 17.6 Å². The molecule has 0 N–H and O–H groups in total. The van der Waals surface area contributed by atoms with Crippen molar-refractivity contribution in [3.05, 3.63) is 56.5 Å². The molecule has 2 heterocycles. The van der Waals surface area contributed by atoms with Gasteiger partial charge in [-0.3, -0.25) is 9.59 Å². The number of pyridine rings is 1. The minimum absolute atomic E-state index is 0.0960. The van der Waals surface area contributed by atoms with Crippen LogP contribution in [0.25, 0.3) is 5.70 Å². The summed E-state index contributed by atoms with van der Waals surface area (Å²) in [5.41, 5.74) is 1.28. The van der Waals surface area contributed by atoms with Gasteiger partial charge in [0.15, 0.2) is 17.4 Å². The molecule has 24 heavy (non-hydrogen) atoms. The number of carbonyl (C=O) groups excluding carboxylic acids is 3. The zero-order chi connectivity index (χ0) is 17.4. The smallest absolute Gasteiger partial charge is 0.348 e. The van der Waals surface area contributed by atoms with Crippen LogP contribution >= 0.6 is 22.9 Å². The highest BCUT2D eigenvalue weighted by Gasteiger charge is 2.40. The van der Waals surface area contributed by atoms with Gasteiger partial charge in [-0.1, -0.05) is 18.5 Å². The molecule has 3 rings (SSSR count). The molecule has 2 aromatic heterocycles. The molecule has 0 bridgehead atoms. The first-order valence-corrected chi connectivity index (χ1v) is 8.39. The minimum atomic E-state index is -0.590. The second-order valence-corrected chi connectivity index (χ2v) is 6.57. The molecule has 7 heteroatoms. The third kappa shape index (κ3) is 2.57. The molecule has 0 unspecified atom stereocenters. The molecule has 0 atom stereocenters. The standard InChI is InChI=1S/C17H13ClNO4S/c1-3-9-5-4-6-19(8-9)13-12(18)15(21)16-10(14(13)20)7-11(24-16)17(22)23-2/h4-8H,3H2,1-2H3/q+1. The maximum Gasteiger partial charge on any atom is 0.348 e. The summed E-state index contributed by atoms with van der Waals surface area (Å²) in [5, 5.41) is -0.149. The van der Waals surface area contributed by atoms with E-state index >= 15 is 0 Å². The van der Waals surface area contributed by atoms with Crippen LogP contribution in [0.15, 0.2) is 35.6 Å². The molecule has 0 spiro atoms. The Morgan fingerprint density at radius 3 is 2.75 bits per heavy atom. The maximum absolute atomic E-state index is 12.8. The first-order chi connectivity index (χ1) is 11.5. The van der Waals surface area contributed by atoms with E-state index in [2.05, 4.69) is 4.74 Å². The number of halogens is 1. The lowest BCUT2D eigenvalue weighted by Gasteiger charge is -2.10. The predicted molar refractivity (Wildman–Crippen MR) is 89.4 cm³/mol. The molecule has 0 amide bonds. The van der Waals surface area contributed by atoms with E-state index in [1.165, 1.54) is 13.2 Å². The SMILES string of the molecule is CCc1ccc[n+](C2=C(Cl)C(=O)c3sc(C(=O)OC)cc3C2=O)c1. The third-order valence-corrected chi connectivity index (χ3v) is 5.18. The molecule has 5 nitrogen and oxygen atoms in total. The number of hydrogen-bond donors (Lipinski definition) is 0. The highest BCUT2D eigenvalue weighted by Crippen LogP contribution is 2.34. The molecular weight excluding hydrogens is 350 g/mol. The number of esters is 1. The van der Waals surface area contributed by atoms with Crippen molar-refractivity contribution in [1.29, 1.82) is 0 Å². The number of fused-ring (bicyclic) bond motifs is 1. The zero-order valence-electron chi connectivity index (χ0n) is 13.0. The molecule has 1 aliphatic carbocycles. The van der Waals surface area contributed by atoms with E-state index in [1.807, 2.05) is 13.0 Å². The second-order valence-electron chi connectivity index (χ2n) is 5.14. The normalized spacial score (nSPS) is 14.0. The van der Waals surface area contributed by atoms with Gasteiger partial charge in [-0.05, 0) is 18.6 Å². The fourth-order valence-electron chi connectivity index (χ4n) is 2.47. The van der Waals surface area contributed by atoms with Gasteiger partial charge in [-0.15, -0.1) is 11.3 Å². The van der Waals surface area contributed by atoms with Gasteiger partial charge in [0.25, 0.3) is 11.5 Å².